The number of aliphatic carboxylic acids is 1. The predicted octanol–water partition coefficient (Wildman–Crippen LogP) is 1.65. The lowest BCUT2D eigenvalue weighted by molar-refractivity contribution is -0.216. The summed E-state index contributed by atoms with van der Waals surface area (Å²) in [6, 6.07) is 0. The van der Waals surface area contributed by atoms with Gasteiger partial charge in [-0.05, 0) is 33.6 Å². The molecule has 0 aromatic carbocycles. The van der Waals surface area contributed by atoms with Gasteiger partial charge in [0.05, 0.1) is 31.3 Å². The molecule has 2 aliphatic heterocycles. The van der Waals surface area contributed by atoms with Gasteiger partial charge in [-0.3, -0.25) is 4.79 Å². The Morgan fingerprint density at radius 2 is 1.95 bits per heavy atom. The van der Waals surface area contributed by atoms with Crippen molar-refractivity contribution in [2.24, 2.45) is 0 Å². The number of carboxylic acid groups (broad SMARTS) is 1. The van der Waals surface area contributed by atoms with E-state index in [9.17, 15) is 9.59 Å². The van der Waals surface area contributed by atoms with Crippen molar-refractivity contribution in [1.29, 1.82) is 0 Å². The van der Waals surface area contributed by atoms with Crippen molar-refractivity contribution in [3.8, 4) is 0 Å². The van der Waals surface area contributed by atoms with Gasteiger partial charge in [-0.1, -0.05) is 0 Å². The van der Waals surface area contributed by atoms with Gasteiger partial charge < -0.3 is 24.2 Å². The molecule has 2 aliphatic rings. The molecule has 2 heterocycles. The van der Waals surface area contributed by atoms with E-state index in [0.29, 0.717) is 39.1 Å². The number of amides is 1. The van der Waals surface area contributed by atoms with Crippen molar-refractivity contribution in [3.05, 3.63) is 0 Å². The van der Waals surface area contributed by atoms with Gasteiger partial charge in [0, 0.05) is 13.1 Å². The molecule has 22 heavy (non-hydrogen) atoms. The molecule has 126 valence electrons. The topological polar surface area (TPSA) is 85.3 Å². The third-order valence-corrected chi connectivity index (χ3v) is 3.81. The van der Waals surface area contributed by atoms with Crippen molar-refractivity contribution in [1.82, 2.24) is 4.90 Å². The zero-order valence-electron chi connectivity index (χ0n) is 13.5. The van der Waals surface area contributed by atoms with Crippen LogP contribution in [-0.2, 0) is 19.0 Å². The standard InChI is InChI=1S/C15H25NO6/c1-14(2,3)22-13(19)16-6-4-15(5-7-16)10-20-9-11(21-15)8-12(17)18/h11H,4-10H2,1-3H3,(H,17,18). The van der Waals surface area contributed by atoms with Crippen LogP contribution in [0, 0.1) is 0 Å². The van der Waals surface area contributed by atoms with Crippen LogP contribution in [0.3, 0.4) is 0 Å². The van der Waals surface area contributed by atoms with E-state index >= 15 is 0 Å². The largest absolute Gasteiger partial charge is 0.481 e. The Bertz CT molecular complexity index is 422. The summed E-state index contributed by atoms with van der Waals surface area (Å²) in [5.74, 6) is -0.892. The maximum absolute atomic E-state index is 12.0. The highest BCUT2D eigenvalue weighted by atomic mass is 16.6. The van der Waals surface area contributed by atoms with Crippen LogP contribution < -0.4 is 0 Å². The van der Waals surface area contributed by atoms with Crippen molar-refractivity contribution in [2.45, 2.75) is 57.3 Å². The van der Waals surface area contributed by atoms with E-state index in [1.807, 2.05) is 20.8 Å². The molecule has 0 aromatic rings. The number of carbonyl (C=O) groups is 2. The lowest BCUT2D eigenvalue weighted by Crippen LogP contribution is -2.55. The average Bonchev–Trinajstić information content (AvgIpc) is 2.36. The van der Waals surface area contributed by atoms with Crippen LogP contribution in [0.5, 0.6) is 0 Å². The molecular formula is C15H25NO6. The smallest absolute Gasteiger partial charge is 0.410 e. The molecule has 0 aromatic heterocycles. The van der Waals surface area contributed by atoms with Gasteiger partial charge in [-0.25, -0.2) is 4.79 Å². The van der Waals surface area contributed by atoms with Crippen molar-refractivity contribution in [2.75, 3.05) is 26.3 Å². The first kappa shape index (κ1) is 17.0. The van der Waals surface area contributed by atoms with Gasteiger partial charge in [0.1, 0.15) is 5.60 Å². The Labute approximate surface area is 130 Å². The summed E-state index contributed by atoms with van der Waals surface area (Å²) in [4.78, 5) is 24.5. The number of hydrogen-bond acceptors (Lipinski definition) is 5. The Balaban J connectivity index is 1.88. The molecule has 1 amide bonds. The zero-order valence-corrected chi connectivity index (χ0v) is 13.5. The van der Waals surface area contributed by atoms with Gasteiger partial charge in [0.2, 0.25) is 0 Å². The third-order valence-electron chi connectivity index (χ3n) is 3.81. The first-order chi connectivity index (χ1) is 10.2. The second-order valence-corrected chi connectivity index (χ2v) is 7.00. The first-order valence-electron chi connectivity index (χ1n) is 7.64. The van der Waals surface area contributed by atoms with E-state index in [4.69, 9.17) is 19.3 Å². The number of rotatable bonds is 2. The van der Waals surface area contributed by atoms with E-state index in [0.717, 1.165) is 0 Å². The fourth-order valence-electron chi connectivity index (χ4n) is 2.78. The second kappa shape index (κ2) is 6.42. The van der Waals surface area contributed by atoms with Crippen molar-refractivity contribution < 1.29 is 28.9 Å². The Morgan fingerprint density at radius 3 is 2.50 bits per heavy atom. The molecule has 7 heteroatoms. The van der Waals surface area contributed by atoms with Gasteiger partial charge in [0.15, 0.2) is 0 Å². The summed E-state index contributed by atoms with van der Waals surface area (Å²) < 4.78 is 16.9. The number of carboxylic acids is 1. The number of ether oxygens (including phenoxy) is 3. The minimum Gasteiger partial charge on any atom is -0.481 e. The molecule has 1 atom stereocenters. The second-order valence-electron chi connectivity index (χ2n) is 7.00. The highest BCUT2D eigenvalue weighted by Crippen LogP contribution is 2.32. The normalized spacial score (nSPS) is 25.0. The number of nitrogens with zero attached hydrogens (tertiary/aromatic N) is 1. The molecule has 0 bridgehead atoms. The lowest BCUT2D eigenvalue weighted by atomic mass is 9.90. The monoisotopic (exact) mass is 315 g/mol. The van der Waals surface area contributed by atoms with E-state index < -0.39 is 23.3 Å². The number of hydrogen-bond donors (Lipinski definition) is 1. The van der Waals surface area contributed by atoms with Crippen LogP contribution in [-0.4, -0.2) is 65.7 Å². The summed E-state index contributed by atoms with van der Waals surface area (Å²) in [6.45, 7) is 7.33. The first-order valence-corrected chi connectivity index (χ1v) is 7.64. The zero-order chi connectivity index (χ0) is 16.4. The van der Waals surface area contributed by atoms with E-state index in [-0.39, 0.29) is 12.5 Å². The van der Waals surface area contributed by atoms with E-state index in [1.54, 1.807) is 4.90 Å². The molecule has 1 spiro atoms. The lowest BCUT2D eigenvalue weighted by Gasteiger charge is -2.45. The van der Waals surface area contributed by atoms with Crippen molar-refractivity contribution >= 4 is 12.1 Å². The number of likely N-dealkylation sites (tertiary alicyclic amines) is 1. The average molecular weight is 315 g/mol. The van der Waals surface area contributed by atoms with Crippen molar-refractivity contribution in [3.63, 3.8) is 0 Å². The van der Waals surface area contributed by atoms with Gasteiger partial charge >= 0.3 is 12.1 Å². The van der Waals surface area contributed by atoms with Crippen LogP contribution in [0.25, 0.3) is 0 Å². The molecule has 0 radical (unpaired) electrons. The molecule has 0 aliphatic carbocycles. The summed E-state index contributed by atoms with van der Waals surface area (Å²) >= 11 is 0. The highest BCUT2D eigenvalue weighted by Gasteiger charge is 2.42. The van der Waals surface area contributed by atoms with Crippen LogP contribution in [0.1, 0.15) is 40.0 Å². The number of piperidine rings is 1. The van der Waals surface area contributed by atoms with E-state index in [2.05, 4.69) is 0 Å². The minimum absolute atomic E-state index is 0.0580. The van der Waals surface area contributed by atoms with Crippen LogP contribution >= 0.6 is 0 Å². The highest BCUT2D eigenvalue weighted by molar-refractivity contribution is 5.68. The quantitative estimate of drug-likeness (QED) is 0.834. The van der Waals surface area contributed by atoms with Crippen LogP contribution in [0.15, 0.2) is 0 Å². The Hall–Kier alpha value is -1.34. The molecule has 2 rings (SSSR count). The fraction of sp³-hybridized carbons (Fsp3) is 0.867. The molecule has 1 unspecified atom stereocenters. The summed E-state index contributed by atoms with van der Waals surface area (Å²) in [5.41, 5.74) is -0.986. The SMILES string of the molecule is CC(C)(C)OC(=O)N1CCC2(CC1)COCC(CC(=O)O)O2. The molecular weight excluding hydrogens is 290 g/mol. The number of carbonyl (C=O) groups excluding carboxylic acids is 1. The molecule has 2 saturated heterocycles. The Kier molecular flexibility index (Phi) is 4.97. The summed E-state index contributed by atoms with van der Waals surface area (Å²) in [6.07, 6.45) is 0.461. The summed E-state index contributed by atoms with van der Waals surface area (Å²) in [5, 5.41) is 8.87. The van der Waals surface area contributed by atoms with Crippen LogP contribution in [0.2, 0.25) is 0 Å². The fourth-order valence-corrected chi connectivity index (χ4v) is 2.78. The molecule has 7 nitrogen and oxygen atoms in total. The van der Waals surface area contributed by atoms with Gasteiger partial charge in [-0.15, -0.1) is 0 Å². The van der Waals surface area contributed by atoms with Crippen LogP contribution in [0.4, 0.5) is 4.79 Å². The molecule has 1 N–H and O–H groups in total. The summed E-state index contributed by atoms with van der Waals surface area (Å²) in [7, 11) is 0. The maximum atomic E-state index is 12.0. The maximum Gasteiger partial charge on any atom is 0.410 e. The van der Waals surface area contributed by atoms with Gasteiger partial charge in [0.25, 0.3) is 0 Å². The molecule has 2 fully saturated rings. The Morgan fingerprint density at radius 1 is 1.32 bits per heavy atom. The third kappa shape index (κ3) is 4.58. The van der Waals surface area contributed by atoms with E-state index in [1.165, 1.54) is 0 Å². The predicted molar refractivity (Wildman–Crippen MR) is 77.7 cm³/mol. The van der Waals surface area contributed by atoms with Gasteiger partial charge in [-0.2, -0.15) is 0 Å². The minimum atomic E-state index is -0.892. The molecule has 0 saturated carbocycles.